The topological polar surface area (TPSA) is 63.4 Å². The quantitative estimate of drug-likeness (QED) is 0.532. The number of anilines is 1. The Bertz CT molecular complexity index is 1360. The first-order valence-corrected chi connectivity index (χ1v) is 10.6. The van der Waals surface area contributed by atoms with Gasteiger partial charge in [-0.1, -0.05) is 17.2 Å². The first-order chi connectivity index (χ1) is 15.3. The van der Waals surface area contributed by atoms with Crippen molar-refractivity contribution in [3.05, 3.63) is 74.7 Å². The van der Waals surface area contributed by atoms with Crippen molar-refractivity contribution in [1.82, 2.24) is 14.5 Å². The fourth-order valence-corrected chi connectivity index (χ4v) is 3.99. The van der Waals surface area contributed by atoms with Crippen LogP contribution in [0.25, 0.3) is 22.2 Å². The van der Waals surface area contributed by atoms with Crippen LogP contribution >= 0.6 is 11.6 Å². The van der Waals surface area contributed by atoms with Gasteiger partial charge in [-0.05, 0) is 56.8 Å². The van der Waals surface area contributed by atoms with E-state index in [4.69, 9.17) is 16.6 Å². The van der Waals surface area contributed by atoms with Crippen molar-refractivity contribution in [2.45, 2.75) is 20.3 Å². The van der Waals surface area contributed by atoms with Gasteiger partial charge in [-0.25, -0.2) is 14.4 Å². The summed E-state index contributed by atoms with van der Waals surface area (Å²) < 4.78 is 16.3. The van der Waals surface area contributed by atoms with Gasteiger partial charge in [0.15, 0.2) is 0 Å². The summed E-state index contributed by atoms with van der Waals surface area (Å²) >= 11 is 5.95. The Morgan fingerprint density at radius 3 is 2.75 bits per heavy atom. The minimum absolute atomic E-state index is 0.212. The highest BCUT2D eigenvalue weighted by Gasteiger charge is 2.22. The highest BCUT2D eigenvalue weighted by Crippen LogP contribution is 2.32. The molecule has 0 bridgehead atoms. The lowest BCUT2D eigenvalue weighted by Gasteiger charge is -2.30. The monoisotopic (exact) mass is 451 g/mol. The normalized spacial score (nSPS) is 14.6. The summed E-state index contributed by atoms with van der Waals surface area (Å²) in [6.45, 7) is 8.71. The van der Waals surface area contributed by atoms with E-state index in [0.29, 0.717) is 23.7 Å². The van der Waals surface area contributed by atoms with Gasteiger partial charge in [0.2, 0.25) is 0 Å². The minimum Gasteiger partial charge on any atom is -0.352 e. The molecule has 1 aromatic carbocycles. The average molecular weight is 452 g/mol. The number of pyridine rings is 1. The van der Waals surface area contributed by atoms with Crippen molar-refractivity contribution >= 4 is 35.0 Å². The maximum Gasteiger partial charge on any atom is 0.263 e. The molecule has 6 nitrogen and oxygen atoms in total. The maximum atomic E-state index is 14.9. The van der Waals surface area contributed by atoms with Crippen LogP contribution in [-0.2, 0) is 7.05 Å². The standard InChI is InChI=1S/C24H23ClFN5O/c1-14-8-10-31(13-16(14)7-9-27-3)21-12-20-22(24(32)30(4)15(2)28-20)23(29-21)18-6-5-17(25)11-19(18)26/h5-7,9,11-12H,3,8,10,13H2,1-2,4H3/b9-7-. The van der Waals surface area contributed by atoms with E-state index >= 15 is 0 Å². The smallest absolute Gasteiger partial charge is 0.263 e. The number of halogens is 2. The van der Waals surface area contributed by atoms with Crippen molar-refractivity contribution in [3.8, 4) is 11.3 Å². The van der Waals surface area contributed by atoms with E-state index in [1.807, 2.05) is 6.08 Å². The second kappa shape index (κ2) is 8.67. The van der Waals surface area contributed by atoms with Crippen LogP contribution in [0.15, 0.2) is 57.5 Å². The van der Waals surface area contributed by atoms with Crippen LogP contribution in [0.4, 0.5) is 10.2 Å². The van der Waals surface area contributed by atoms with E-state index in [9.17, 15) is 9.18 Å². The number of benzene rings is 1. The summed E-state index contributed by atoms with van der Waals surface area (Å²) in [6, 6.07) is 6.16. The molecular weight excluding hydrogens is 429 g/mol. The second-order valence-electron chi connectivity index (χ2n) is 7.85. The lowest BCUT2D eigenvalue weighted by Crippen LogP contribution is -2.32. The third-order valence-corrected chi connectivity index (χ3v) is 6.06. The molecule has 4 rings (SSSR count). The fourth-order valence-electron chi connectivity index (χ4n) is 3.84. The summed E-state index contributed by atoms with van der Waals surface area (Å²) in [7, 11) is 1.64. The van der Waals surface area contributed by atoms with Gasteiger partial charge >= 0.3 is 0 Å². The van der Waals surface area contributed by atoms with Crippen molar-refractivity contribution < 1.29 is 4.39 Å². The number of aromatic nitrogens is 3. The third kappa shape index (κ3) is 3.96. The molecule has 1 aliphatic rings. The summed E-state index contributed by atoms with van der Waals surface area (Å²) in [5.41, 5.74) is 3.08. The number of fused-ring (bicyclic) bond motifs is 1. The van der Waals surface area contributed by atoms with E-state index in [0.717, 1.165) is 18.5 Å². The molecule has 8 heteroatoms. The first kappa shape index (κ1) is 21.9. The van der Waals surface area contributed by atoms with Gasteiger partial charge in [0, 0.05) is 43.0 Å². The van der Waals surface area contributed by atoms with Crippen LogP contribution in [0.2, 0.25) is 5.02 Å². The minimum atomic E-state index is -0.541. The van der Waals surface area contributed by atoms with E-state index in [1.54, 1.807) is 38.4 Å². The van der Waals surface area contributed by atoms with Gasteiger partial charge in [0.25, 0.3) is 5.56 Å². The molecule has 0 unspecified atom stereocenters. The molecule has 0 radical (unpaired) electrons. The number of aryl methyl sites for hydroxylation is 1. The zero-order valence-corrected chi connectivity index (χ0v) is 18.9. The van der Waals surface area contributed by atoms with Crippen molar-refractivity contribution in [2.24, 2.45) is 12.0 Å². The lowest BCUT2D eigenvalue weighted by atomic mass is 10.0. The summed E-state index contributed by atoms with van der Waals surface area (Å²) in [5.74, 6) is 0.658. The van der Waals surface area contributed by atoms with Gasteiger partial charge in [-0.2, -0.15) is 0 Å². The molecule has 0 N–H and O–H groups in total. The summed E-state index contributed by atoms with van der Waals surface area (Å²) in [6.07, 6.45) is 4.46. The van der Waals surface area contributed by atoms with Crippen molar-refractivity contribution in [3.63, 3.8) is 0 Å². The Morgan fingerprint density at radius 1 is 1.25 bits per heavy atom. The molecule has 3 heterocycles. The first-order valence-electron chi connectivity index (χ1n) is 10.2. The predicted octanol–water partition coefficient (Wildman–Crippen LogP) is 4.84. The molecular formula is C24H23ClFN5O. The molecule has 32 heavy (non-hydrogen) atoms. The maximum absolute atomic E-state index is 14.9. The number of rotatable bonds is 4. The molecule has 0 atom stereocenters. The Balaban J connectivity index is 1.94. The van der Waals surface area contributed by atoms with Crippen LogP contribution in [0, 0.1) is 12.7 Å². The molecule has 0 saturated heterocycles. The van der Waals surface area contributed by atoms with Crippen LogP contribution < -0.4 is 10.5 Å². The van der Waals surface area contributed by atoms with E-state index in [1.165, 1.54) is 16.2 Å². The number of hydrogen-bond acceptors (Lipinski definition) is 5. The van der Waals surface area contributed by atoms with Crippen molar-refractivity contribution in [1.29, 1.82) is 0 Å². The molecule has 164 valence electrons. The van der Waals surface area contributed by atoms with Gasteiger partial charge in [-0.3, -0.25) is 14.4 Å². The molecule has 2 aromatic heterocycles. The molecule has 0 saturated carbocycles. The summed E-state index contributed by atoms with van der Waals surface area (Å²) in [5, 5.41) is 0.556. The number of nitrogens with zero attached hydrogens (tertiary/aromatic N) is 5. The van der Waals surface area contributed by atoms with Gasteiger partial charge in [0.05, 0.1) is 16.6 Å². The summed E-state index contributed by atoms with van der Waals surface area (Å²) in [4.78, 5) is 28.4. The van der Waals surface area contributed by atoms with Crippen LogP contribution in [-0.4, -0.2) is 34.3 Å². The molecule has 0 aliphatic carbocycles. The fraction of sp³-hybridized carbons (Fsp3) is 0.250. The molecule has 0 fully saturated rings. The van der Waals surface area contributed by atoms with Crippen molar-refractivity contribution in [2.75, 3.05) is 18.0 Å². The average Bonchev–Trinajstić information content (AvgIpc) is 2.76. The molecule has 0 spiro atoms. The Kier molecular flexibility index (Phi) is 5.93. The highest BCUT2D eigenvalue weighted by molar-refractivity contribution is 6.30. The Morgan fingerprint density at radius 2 is 2.03 bits per heavy atom. The third-order valence-electron chi connectivity index (χ3n) is 5.83. The van der Waals surface area contributed by atoms with Gasteiger partial charge in [-0.15, -0.1) is 0 Å². The van der Waals surface area contributed by atoms with E-state index in [2.05, 4.69) is 28.5 Å². The van der Waals surface area contributed by atoms with E-state index in [-0.39, 0.29) is 27.2 Å². The Labute approximate surface area is 190 Å². The Hall–Kier alpha value is -3.32. The predicted molar refractivity (Wildman–Crippen MR) is 128 cm³/mol. The largest absolute Gasteiger partial charge is 0.352 e. The second-order valence-corrected chi connectivity index (χ2v) is 8.28. The molecule has 0 amide bonds. The zero-order valence-electron chi connectivity index (χ0n) is 18.2. The molecule has 1 aliphatic heterocycles. The highest BCUT2D eigenvalue weighted by atomic mass is 35.5. The zero-order chi connectivity index (χ0) is 23.0. The van der Waals surface area contributed by atoms with Gasteiger partial charge in [0.1, 0.15) is 17.5 Å². The van der Waals surface area contributed by atoms with Crippen LogP contribution in [0.5, 0.6) is 0 Å². The van der Waals surface area contributed by atoms with E-state index < -0.39 is 5.82 Å². The lowest BCUT2D eigenvalue weighted by molar-refractivity contribution is 0.631. The SMILES string of the molecule is C=N/C=C\C1=C(C)CCN(c2cc3nc(C)n(C)c(=O)c3c(-c3ccc(Cl)cc3F)n2)C1. The van der Waals surface area contributed by atoms with Crippen LogP contribution in [0.3, 0.4) is 0 Å². The van der Waals surface area contributed by atoms with Gasteiger partial charge < -0.3 is 4.90 Å². The van der Waals surface area contributed by atoms with Crippen LogP contribution in [0.1, 0.15) is 19.2 Å². The number of hydrogen-bond donors (Lipinski definition) is 0. The number of aliphatic imine (C=N–C) groups is 1. The molecule has 3 aromatic rings.